The van der Waals surface area contributed by atoms with Gasteiger partial charge < -0.3 is 0 Å². The molecule has 13 rings (SSSR count). The Morgan fingerprint density at radius 3 is 0.971 bits per heavy atom. The second kappa shape index (κ2) is 16.4. The van der Waals surface area contributed by atoms with E-state index in [-0.39, 0.29) is 0 Å². The lowest BCUT2D eigenvalue weighted by molar-refractivity contribution is 1.10. The Morgan fingerprint density at radius 1 is 0.250 bits per heavy atom. The van der Waals surface area contributed by atoms with Gasteiger partial charge in [-0.3, -0.25) is 9.13 Å². The van der Waals surface area contributed by atoms with Crippen molar-refractivity contribution in [2.75, 3.05) is 0 Å². The van der Waals surface area contributed by atoms with Crippen LogP contribution < -0.4 is 0 Å². The van der Waals surface area contributed by atoms with Gasteiger partial charge in [-0.25, -0.2) is 9.97 Å². The summed E-state index contributed by atoms with van der Waals surface area (Å²) in [7, 11) is 0. The van der Waals surface area contributed by atoms with Crippen LogP contribution in [0.1, 0.15) is 0 Å². The zero-order valence-corrected chi connectivity index (χ0v) is 37.0. The van der Waals surface area contributed by atoms with Crippen molar-refractivity contribution in [2.24, 2.45) is 0 Å². The van der Waals surface area contributed by atoms with E-state index in [0.717, 1.165) is 77.8 Å². The minimum absolute atomic E-state index is 0.902. The molecule has 0 atom stereocenters. The van der Waals surface area contributed by atoms with Crippen LogP contribution in [0.5, 0.6) is 0 Å². The molecule has 4 nitrogen and oxygen atoms in total. The molecule has 0 aliphatic rings. The van der Waals surface area contributed by atoms with Gasteiger partial charge in [-0.1, -0.05) is 206 Å². The van der Waals surface area contributed by atoms with Crippen molar-refractivity contribution >= 4 is 43.6 Å². The number of rotatable bonds is 8. The number of benzene rings is 11. The molecule has 0 saturated heterocycles. The van der Waals surface area contributed by atoms with Crippen molar-refractivity contribution in [3.8, 4) is 78.7 Å². The summed E-state index contributed by atoms with van der Waals surface area (Å²) < 4.78 is 4.66. The van der Waals surface area contributed by atoms with Crippen molar-refractivity contribution in [3.63, 3.8) is 0 Å². The highest BCUT2D eigenvalue weighted by molar-refractivity contribution is 6.24. The molecule has 0 aliphatic heterocycles. The van der Waals surface area contributed by atoms with E-state index in [9.17, 15) is 0 Å². The summed E-state index contributed by atoms with van der Waals surface area (Å²) in [6.07, 6.45) is 0. The average Bonchev–Trinajstić information content (AvgIpc) is 4.01. The minimum Gasteiger partial charge on any atom is -0.292 e. The molecule has 68 heavy (non-hydrogen) atoms. The number of hydrogen-bond acceptors (Lipinski definition) is 2. The van der Waals surface area contributed by atoms with Gasteiger partial charge in [-0.05, 0) is 115 Å². The number of para-hydroxylation sites is 4. The lowest BCUT2D eigenvalue weighted by Crippen LogP contribution is -2.01. The molecule has 0 bridgehead atoms. The summed E-state index contributed by atoms with van der Waals surface area (Å²) in [5.41, 5.74) is 17.6. The van der Waals surface area contributed by atoms with Crippen LogP contribution in [-0.4, -0.2) is 19.1 Å². The molecule has 0 amide bonds. The first kappa shape index (κ1) is 39.3. The first-order chi connectivity index (χ1) is 33.8. The Kier molecular flexibility index (Phi) is 9.47. The van der Waals surface area contributed by atoms with Gasteiger partial charge in [0.05, 0.1) is 22.1 Å². The summed E-state index contributed by atoms with van der Waals surface area (Å²) >= 11 is 0. The fourth-order valence-electron chi connectivity index (χ4n) is 10.3. The predicted octanol–water partition coefficient (Wildman–Crippen LogP) is 16.7. The summed E-state index contributed by atoms with van der Waals surface area (Å²) in [5.74, 6) is 1.80. The van der Waals surface area contributed by atoms with Crippen LogP contribution >= 0.6 is 0 Å². The van der Waals surface area contributed by atoms with Crippen molar-refractivity contribution in [1.82, 2.24) is 19.1 Å². The lowest BCUT2D eigenvalue weighted by atomic mass is 9.82. The predicted molar refractivity (Wildman–Crippen MR) is 283 cm³/mol. The average molecular weight is 867 g/mol. The fraction of sp³-hybridized carbons (Fsp3) is 0. The van der Waals surface area contributed by atoms with Crippen LogP contribution in [0, 0.1) is 0 Å². The maximum absolute atomic E-state index is 5.27. The molecule has 0 saturated carbocycles. The minimum atomic E-state index is 0.902. The third kappa shape index (κ3) is 6.53. The van der Waals surface area contributed by atoms with Crippen molar-refractivity contribution in [3.05, 3.63) is 255 Å². The molecule has 4 heteroatoms. The van der Waals surface area contributed by atoms with Crippen molar-refractivity contribution < 1.29 is 0 Å². The number of fused-ring (bicyclic) bond motifs is 4. The Balaban J connectivity index is 1.20. The third-order valence-corrected chi connectivity index (χ3v) is 13.3. The molecule has 2 aromatic heterocycles. The van der Waals surface area contributed by atoms with Crippen LogP contribution in [-0.2, 0) is 0 Å². The fourth-order valence-corrected chi connectivity index (χ4v) is 10.3. The second-order valence-corrected chi connectivity index (χ2v) is 17.3. The van der Waals surface area contributed by atoms with Crippen LogP contribution in [0.15, 0.2) is 255 Å². The van der Waals surface area contributed by atoms with Crippen molar-refractivity contribution in [1.29, 1.82) is 0 Å². The smallest absolute Gasteiger partial charge is 0.145 e. The highest BCUT2D eigenvalue weighted by atomic mass is 15.1. The van der Waals surface area contributed by atoms with Gasteiger partial charge in [-0.15, -0.1) is 0 Å². The topological polar surface area (TPSA) is 35.6 Å². The monoisotopic (exact) mass is 866 g/mol. The molecule has 318 valence electrons. The standard InChI is InChI=1S/C64H42N4/c1-5-21-43(22-6-1)49-29-13-15-31-51(49)61-53-39-37-48(68-60-36-20-18-34-58(60)66-64(68)46-27-11-4-12-28-46)42-56(53)62(52-32-16-14-30-50(52)44-23-7-2-8-24-44)54-40-38-47(41-55(54)61)67-59-35-19-17-33-57(59)65-63(67)45-25-9-3-10-26-45/h1-42H. The van der Waals surface area contributed by atoms with E-state index in [1.165, 1.54) is 44.5 Å². The molecule has 0 radical (unpaired) electrons. The van der Waals surface area contributed by atoms with E-state index in [2.05, 4.69) is 264 Å². The van der Waals surface area contributed by atoms with Crippen LogP contribution in [0.3, 0.4) is 0 Å². The molecule has 0 spiro atoms. The molecular weight excluding hydrogens is 825 g/mol. The van der Waals surface area contributed by atoms with Gasteiger partial charge in [-0.2, -0.15) is 0 Å². The number of imidazole rings is 2. The molecule has 13 aromatic rings. The Morgan fingerprint density at radius 2 is 0.574 bits per heavy atom. The van der Waals surface area contributed by atoms with E-state index in [1.54, 1.807) is 0 Å². The van der Waals surface area contributed by atoms with E-state index < -0.39 is 0 Å². The summed E-state index contributed by atoms with van der Waals surface area (Å²) in [6.45, 7) is 0. The Bertz CT molecular complexity index is 3740. The second-order valence-electron chi connectivity index (χ2n) is 17.3. The number of aromatic nitrogens is 4. The van der Waals surface area contributed by atoms with E-state index in [4.69, 9.17) is 9.97 Å². The van der Waals surface area contributed by atoms with E-state index in [0.29, 0.717) is 0 Å². The summed E-state index contributed by atoms with van der Waals surface area (Å²) in [6, 6.07) is 91.5. The largest absolute Gasteiger partial charge is 0.292 e. The summed E-state index contributed by atoms with van der Waals surface area (Å²) in [4.78, 5) is 10.5. The highest BCUT2D eigenvalue weighted by Crippen LogP contribution is 2.49. The molecule has 0 fully saturated rings. The van der Waals surface area contributed by atoms with Gasteiger partial charge in [0.2, 0.25) is 0 Å². The van der Waals surface area contributed by atoms with Gasteiger partial charge in [0.1, 0.15) is 11.6 Å². The van der Waals surface area contributed by atoms with Gasteiger partial charge in [0, 0.05) is 22.5 Å². The number of nitrogens with zero attached hydrogens (tertiary/aromatic N) is 4. The van der Waals surface area contributed by atoms with Gasteiger partial charge in [0.15, 0.2) is 0 Å². The van der Waals surface area contributed by atoms with E-state index in [1.807, 2.05) is 0 Å². The lowest BCUT2D eigenvalue weighted by Gasteiger charge is -2.23. The normalized spacial score (nSPS) is 11.5. The molecule has 0 N–H and O–H groups in total. The quantitative estimate of drug-likeness (QED) is 0.143. The molecule has 0 unspecified atom stereocenters. The first-order valence-electron chi connectivity index (χ1n) is 23.2. The van der Waals surface area contributed by atoms with Crippen LogP contribution in [0.4, 0.5) is 0 Å². The molecule has 0 aliphatic carbocycles. The molecular formula is C64H42N4. The maximum atomic E-state index is 5.27. The molecule has 11 aromatic carbocycles. The molecule has 2 heterocycles. The van der Waals surface area contributed by atoms with Crippen LogP contribution in [0.25, 0.3) is 122 Å². The van der Waals surface area contributed by atoms with Gasteiger partial charge in [0.25, 0.3) is 0 Å². The SMILES string of the molecule is c1ccc(-c2ccccc2-c2c3ccc(-n4c(-c5ccccc5)nc5ccccc54)cc3c(-c3ccccc3-c3ccccc3)c3ccc(-n4c(-c5ccccc5)nc5ccccc54)cc23)cc1. The third-order valence-electron chi connectivity index (χ3n) is 13.3. The van der Waals surface area contributed by atoms with Gasteiger partial charge >= 0.3 is 0 Å². The Hall–Kier alpha value is -9.12. The van der Waals surface area contributed by atoms with E-state index >= 15 is 0 Å². The van der Waals surface area contributed by atoms with Crippen molar-refractivity contribution in [2.45, 2.75) is 0 Å². The Labute approximate surface area is 394 Å². The highest BCUT2D eigenvalue weighted by Gasteiger charge is 2.24. The van der Waals surface area contributed by atoms with Crippen LogP contribution in [0.2, 0.25) is 0 Å². The zero-order chi connectivity index (χ0) is 45.0. The zero-order valence-electron chi connectivity index (χ0n) is 37.0. The number of hydrogen-bond donors (Lipinski definition) is 0. The maximum Gasteiger partial charge on any atom is 0.145 e. The summed E-state index contributed by atoms with van der Waals surface area (Å²) in [5, 5.41) is 4.62. The first-order valence-corrected chi connectivity index (χ1v) is 23.2.